The average molecular weight is 167 g/mol. The molecule has 0 aliphatic rings. The second-order valence-electron chi connectivity index (χ2n) is 3.10. The van der Waals surface area contributed by atoms with Crippen LogP contribution >= 0.6 is 0 Å². The van der Waals surface area contributed by atoms with Gasteiger partial charge in [0.15, 0.2) is 0 Å². The summed E-state index contributed by atoms with van der Waals surface area (Å²) >= 11 is 0. The Morgan fingerprint density at radius 2 is 1.92 bits per heavy atom. The van der Waals surface area contributed by atoms with Crippen LogP contribution in [0.15, 0.2) is 23.3 Å². The van der Waals surface area contributed by atoms with Gasteiger partial charge in [-0.15, -0.1) is 0 Å². The van der Waals surface area contributed by atoms with Crippen LogP contribution < -0.4 is 5.32 Å². The van der Waals surface area contributed by atoms with E-state index in [0.29, 0.717) is 0 Å². The molecule has 0 fully saturated rings. The minimum Gasteiger partial charge on any atom is -0.320 e. The molecule has 0 amide bonds. The lowest BCUT2D eigenvalue weighted by molar-refractivity contribution is 0.734. The molecule has 0 spiro atoms. The van der Waals surface area contributed by atoms with E-state index in [-0.39, 0.29) is 0 Å². The first-order chi connectivity index (χ1) is 5.72. The molecule has 1 N–H and O–H groups in total. The third-order valence-corrected chi connectivity index (χ3v) is 2.14. The predicted molar refractivity (Wildman–Crippen MR) is 56.3 cm³/mol. The van der Waals surface area contributed by atoms with Crippen molar-refractivity contribution in [3.05, 3.63) is 23.3 Å². The maximum absolute atomic E-state index is 3.14. The Kier molecular flexibility index (Phi) is 6.78. The van der Waals surface area contributed by atoms with Gasteiger partial charge >= 0.3 is 0 Å². The SMILES string of the molecule is C/C=C(C)/C(C)=C\CCCNC. The van der Waals surface area contributed by atoms with Gasteiger partial charge in [0.25, 0.3) is 0 Å². The van der Waals surface area contributed by atoms with E-state index >= 15 is 0 Å². The monoisotopic (exact) mass is 167 g/mol. The van der Waals surface area contributed by atoms with Crippen LogP contribution in [0.1, 0.15) is 33.6 Å². The predicted octanol–water partition coefficient (Wildman–Crippen LogP) is 2.90. The minimum absolute atomic E-state index is 1.11. The number of allylic oxidation sites excluding steroid dienone is 4. The first-order valence-electron chi connectivity index (χ1n) is 4.67. The van der Waals surface area contributed by atoms with Gasteiger partial charge in [0.2, 0.25) is 0 Å². The zero-order valence-electron chi connectivity index (χ0n) is 8.78. The molecule has 70 valence electrons. The van der Waals surface area contributed by atoms with E-state index in [1.54, 1.807) is 0 Å². The highest BCUT2D eigenvalue weighted by Gasteiger charge is 1.89. The number of hydrogen-bond donors (Lipinski definition) is 1. The van der Waals surface area contributed by atoms with Crippen molar-refractivity contribution in [1.29, 1.82) is 0 Å². The molecule has 0 saturated heterocycles. The Morgan fingerprint density at radius 3 is 2.42 bits per heavy atom. The van der Waals surface area contributed by atoms with Gasteiger partial charge in [0.1, 0.15) is 0 Å². The average Bonchev–Trinajstić information content (AvgIpc) is 2.10. The zero-order chi connectivity index (χ0) is 9.40. The van der Waals surface area contributed by atoms with Gasteiger partial charge in [-0.1, -0.05) is 23.3 Å². The van der Waals surface area contributed by atoms with Crippen LogP contribution in [-0.2, 0) is 0 Å². The molecule has 0 aliphatic carbocycles. The Balaban J connectivity index is 3.69. The maximum Gasteiger partial charge on any atom is -0.00490 e. The first-order valence-corrected chi connectivity index (χ1v) is 4.67. The number of nitrogens with one attached hydrogen (secondary N) is 1. The second kappa shape index (κ2) is 7.11. The zero-order valence-corrected chi connectivity index (χ0v) is 8.78. The van der Waals surface area contributed by atoms with Crippen LogP contribution in [0.3, 0.4) is 0 Å². The molecule has 0 atom stereocenters. The van der Waals surface area contributed by atoms with Crippen molar-refractivity contribution < 1.29 is 0 Å². The van der Waals surface area contributed by atoms with Crippen LogP contribution in [-0.4, -0.2) is 13.6 Å². The molecule has 0 aromatic rings. The lowest BCUT2D eigenvalue weighted by atomic mass is 10.1. The van der Waals surface area contributed by atoms with Crippen LogP contribution in [0.5, 0.6) is 0 Å². The molecule has 1 nitrogen and oxygen atoms in total. The van der Waals surface area contributed by atoms with Gasteiger partial charge in [-0.05, 0) is 47.2 Å². The van der Waals surface area contributed by atoms with Crippen LogP contribution in [0.25, 0.3) is 0 Å². The summed E-state index contributed by atoms with van der Waals surface area (Å²) in [6.45, 7) is 7.53. The summed E-state index contributed by atoms with van der Waals surface area (Å²) in [5, 5.41) is 3.14. The molecule has 0 heterocycles. The molecule has 0 aromatic carbocycles. The largest absolute Gasteiger partial charge is 0.320 e. The molecule has 0 radical (unpaired) electrons. The van der Waals surface area contributed by atoms with Gasteiger partial charge in [-0.25, -0.2) is 0 Å². The van der Waals surface area contributed by atoms with Crippen LogP contribution in [0, 0.1) is 0 Å². The number of unbranched alkanes of at least 4 members (excludes halogenated alkanes) is 1. The highest BCUT2D eigenvalue weighted by Crippen LogP contribution is 2.08. The quantitative estimate of drug-likeness (QED) is 0.490. The van der Waals surface area contributed by atoms with Gasteiger partial charge in [-0.3, -0.25) is 0 Å². The Morgan fingerprint density at radius 1 is 1.25 bits per heavy atom. The van der Waals surface area contributed by atoms with Crippen molar-refractivity contribution >= 4 is 0 Å². The van der Waals surface area contributed by atoms with Crippen molar-refractivity contribution in [2.24, 2.45) is 0 Å². The normalized spacial score (nSPS) is 13.7. The Hall–Kier alpha value is -0.560. The Bertz CT molecular complexity index is 166. The molecule has 0 bridgehead atoms. The molecule has 1 heteroatoms. The van der Waals surface area contributed by atoms with E-state index in [1.165, 1.54) is 24.0 Å². The molecule has 12 heavy (non-hydrogen) atoms. The third-order valence-electron chi connectivity index (χ3n) is 2.14. The van der Waals surface area contributed by atoms with Gasteiger partial charge in [0.05, 0.1) is 0 Å². The summed E-state index contributed by atoms with van der Waals surface area (Å²) < 4.78 is 0. The molecule has 0 aromatic heterocycles. The third kappa shape index (κ3) is 5.14. The highest BCUT2D eigenvalue weighted by molar-refractivity contribution is 5.25. The number of rotatable bonds is 5. The van der Waals surface area contributed by atoms with Gasteiger partial charge in [-0.2, -0.15) is 0 Å². The topological polar surface area (TPSA) is 12.0 Å². The lowest BCUT2D eigenvalue weighted by Gasteiger charge is -2.00. The summed E-state index contributed by atoms with van der Waals surface area (Å²) in [6.07, 6.45) is 6.87. The fraction of sp³-hybridized carbons (Fsp3) is 0.636. The summed E-state index contributed by atoms with van der Waals surface area (Å²) in [5.74, 6) is 0. The second-order valence-corrected chi connectivity index (χ2v) is 3.10. The van der Waals surface area contributed by atoms with Gasteiger partial charge < -0.3 is 5.32 Å². The summed E-state index contributed by atoms with van der Waals surface area (Å²) in [5.41, 5.74) is 2.80. The fourth-order valence-corrected chi connectivity index (χ4v) is 0.986. The lowest BCUT2D eigenvalue weighted by Crippen LogP contribution is -2.06. The smallest absolute Gasteiger partial charge is 0.00490 e. The molecular weight excluding hydrogens is 146 g/mol. The van der Waals surface area contributed by atoms with Crippen molar-refractivity contribution in [2.75, 3.05) is 13.6 Å². The summed E-state index contributed by atoms with van der Waals surface area (Å²) in [4.78, 5) is 0. The van der Waals surface area contributed by atoms with E-state index in [4.69, 9.17) is 0 Å². The molecule has 0 aliphatic heterocycles. The maximum atomic E-state index is 3.14. The highest BCUT2D eigenvalue weighted by atomic mass is 14.8. The molecule has 0 unspecified atom stereocenters. The van der Waals surface area contributed by atoms with E-state index in [1.807, 2.05) is 7.05 Å². The van der Waals surface area contributed by atoms with Crippen LogP contribution in [0.2, 0.25) is 0 Å². The van der Waals surface area contributed by atoms with Crippen LogP contribution in [0.4, 0.5) is 0 Å². The first kappa shape index (κ1) is 11.4. The van der Waals surface area contributed by atoms with E-state index in [9.17, 15) is 0 Å². The molecular formula is C11H21N. The fourth-order valence-electron chi connectivity index (χ4n) is 0.986. The van der Waals surface area contributed by atoms with Crippen molar-refractivity contribution in [3.63, 3.8) is 0 Å². The summed E-state index contributed by atoms with van der Waals surface area (Å²) in [7, 11) is 1.99. The van der Waals surface area contributed by atoms with Gasteiger partial charge in [0, 0.05) is 0 Å². The van der Waals surface area contributed by atoms with E-state index < -0.39 is 0 Å². The molecule has 0 rings (SSSR count). The number of hydrogen-bond acceptors (Lipinski definition) is 1. The minimum atomic E-state index is 1.11. The van der Waals surface area contributed by atoms with Crippen molar-refractivity contribution in [1.82, 2.24) is 5.32 Å². The standard InChI is InChI=1S/C11H21N/c1-5-10(2)11(3)8-6-7-9-12-4/h5,8,12H,6-7,9H2,1-4H3/b10-5+,11-8-. The molecule has 0 saturated carbocycles. The Labute approximate surface area is 76.6 Å². The van der Waals surface area contributed by atoms with Crippen molar-refractivity contribution in [2.45, 2.75) is 33.6 Å². The summed E-state index contributed by atoms with van der Waals surface area (Å²) in [6, 6.07) is 0. The van der Waals surface area contributed by atoms with E-state index in [0.717, 1.165) is 6.54 Å². The van der Waals surface area contributed by atoms with Crippen molar-refractivity contribution in [3.8, 4) is 0 Å². The van der Waals surface area contributed by atoms with E-state index in [2.05, 4.69) is 38.2 Å².